The number of hydrogen-bond acceptors (Lipinski definition) is 33. The van der Waals surface area contributed by atoms with Gasteiger partial charge in [0.25, 0.3) is 0 Å². The number of nitrogens with one attached hydrogen (secondary N) is 21. The van der Waals surface area contributed by atoms with E-state index in [9.17, 15) is 156 Å². The molecule has 61 nitrogen and oxygen atoms in total. The van der Waals surface area contributed by atoms with E-state index in [1.165, 1.54) is 25.6 Å². The minimum absolute atomic E-state index is 0.00472. The zero-order valence-electron chi connectivity index (χ0n) is 83.0. The van der Waals surface area contributed by atoms with E-state index in [1.807, 2.05) is 10.6 Å². The molecule has 44 N–H and O–H groups in total. The molecule has 0 fully saturated rings. The summed E-state index contributed by atoms with van der Waals surface area (Å²) in [5, 5.41) is 129. The van der Waals surface area contributed by atoms with Crippen molar-refractivity contribution in [2.75, 3.05) is 44.8 Å². The van der Waals surface area contributed by atoms with E-state index in [-0.39, 0.29) is 95.7 Å². The van der Waals surface area contributed by atoms with E-state index in [1.54, 1.807) is 20.1 Å². The molecule has 0 aromatic carbocycles. The molecular formula is C85H147N29O32S. The standard InChI is InChI=1S/C85H147N29O32S/c1-9-38(3)63(112-68(130)43(88)17-15-30-96-84(92)93)80(142)105-49(27-32-147-8)72(134)102-48(23-26-60(122)123)71(133)100-44(18-11-13-28-86)69(131)98-41(6)67(129)108-53(35-61(124)125)78(140)111-55(37-115)79(141)109-52(34-58(91)119)75(137)101-45(19-12-14-29-87)74(136)114-65(42(7)116)82(144)104-46(20-16-31-97-85(94)95)73(135)113-64(39(4)10-2)81(143)110-54(36-62(126)127)77(139)103-47(22-25-59(120)121)70(132)99-40(5)66(128)107-51(33-57(90)118)76(138)106-50(83(145)146)21-24-56(89)117/h38-55,63-65,115-116H,9-37,86-88H2,1-8H3,(H2,89,117)(H2,90,118)(H2,91,119)(H,98,131)(H,99,132)(H,100,133)(H,101,137)(H,102,134)(H,103,139)(H,104,144)(H,105,142)(H,106,138)(H,107,128)(H,108,129)(H,109,141)(H,110,143)(H,111,140)(H,112,130)(H,113,135)(H,114,136)(H,120,121)(H,122,123)(H,124,125)(H,126,127)(H,145,146)(H4,92,93,96)(H4,94,95,97)/t38-,39-,40-,41-,42+,43-,44-,45-,46-,47-,48-,49-,50-,51-,52-,53-,54-,55-,63-,64-,65-/m0/s1. The first-order chi connectivity index (χ1) is 68.8. The molecule has 21 atom stereocenters. The van der Waals surface area contributed by atoms with Crippen LogP contribution in [0.2, 0.25) is 0 Å². The zero-order chi connectivity index (χ0) is 112. The van der Waals surface area contributed by atoms with Gasteiger partial charge in [-0.05, 0) is 148 Å². The summed E-state index contributed by atoms with van der Waals surface area (Å²) in [7, 11) is 0. The molecule has 0 radical (unpaired) electrons. The molecule has 0 rings (SSSR count). The van der Waals surface area contributed by atoms with Crippen LogP contribution in [-0.4, -0.2) is 355 Å². The number of carboxylic acids is 5. The summed E-state index contributed by atoms with van der Waals surface area (Å²) in [6, 6.07) is -32.7. The molecule has 0 saturated heterocycles. The number of aliphatic hydroxyl groups excluding tert-OH is 2. The van der Waals surface area contributed by atoms with Gasteiger partial charge in [-0.15, -0.1) is 0 Å². The minimum Gasteiger partial charge on any atom is -0.481 e. The lowest BCUT2D eigenvalue weighted by Crippen LogP contribution is -2.63. The van der Waals surface area contributed by atoms with Crippen molar-refractivity contribution in [3.8, 4) is 0 Å². The van der Waals surface area contributed by atoms with Crippen molar-refractivity contribution in [2.45, 2.75) is 311 Å². The van der Waals surface area contributed by atoms with Gasteiger partial charge < -0.3 is 183 Å². The Hall–Kier alpha value is -14.6. The van der Waals surface area contributed by atoms with Crippen LogP contribution in [-0.2, 0) is 120 Å². The Morgan fingerprint density at radius 3 is 0.912 bits per heavy atom. The number of hydrogen-bond donors (Lipinski definition) is 36. The lowest BCUT2D eigenvalue weighted by molar-refractivity contribution is -0.143. The SMILES string of the molecule is CC[C@H](C)[C@H](NC(=O)[C@H](CCCNC(=N)N)NC(=O)[C@@H](NC(=O)[C@H](CCCCN)NC(=O)[C@H](CC(N)=O)NC(=O)[C@H](CO)NC(=O)[C@H](CC(=O)O)NC(=O)[C@H](C)NC(=O)[C@H](CCCCN)NC(=O)[C@H](CCC(=O)O)NC(=O)[C@H](CCSC)NC(=O)[C@@H](NC(=O)[C@@H](N)CCCNC(=N)N)[C@@H](C)CC)[C@@H](C)O)C(=O)N[C@@H](CC(=O)O)C(=O)N[C@@H](CCC(=O)O)C(=O)N[C@@H](C)C(=O)N[C@@H](CC(N)=O)C(=O)N[C@@H](CCC(N)=O)C(=O)O. The smallest absolute Gasteiger partial charge is 0.326 e. The van der Waals surface area contributed by atoms with Crippen LogP contribution in [0.25, 0.3) is 0 Å². The summed E-state index contributed by atoms with van der Waals surface area (Å²) < 4.78 is 0. The topological polar surface area (TPSA) is 1050 Å². The predicted molar refractivity (Wildman–Crippen MR) is 519 cm³/mol. The Labute approximate surface area is 849 Å². The average Bonchev–Trinajstić information content (AvgIpc) is 0.849. The molecule has 0 spiro atoms. The maximum absolute atomic E-state index is 14.6. The molecule has 830 valence electrons. The monoisotopic (exact) mass is 2120 g/mol. The second kappa shape index (κ2) is 70.2. The van der Waals surface area contributed by atoms with Crippen molar-refractivity contribution < 1.29 is 156 Å². The van der Waals surface area contributed by atoms with Crippen LogP contribution in [0.1, 0.15) is 196 Å². The molecular weight excluding hydrogens is 1970 g/mol. The van der Waals surface area contributed by atoms with Crippen LogP contribution in [0.4, 0.5) is 0 Å². The highest BCUT2D eigenvalue weighted by molar-refractivity contribution is 7.98. The van der Waals surface area contributed by atoms with Crippen molar-refractivity contribution in [3.63, 3.8) is 0 Å². The van der Waals surface area contributed by atoms with E-state index in [2.05, 4.69) is 90.4 Å². The number of carbonyl (C=O) groups is 25. The first-order valence-corrected chi connectivity index (χ1v) is 48.4. The van der Waals surface area contributed by atoms with E-state index < -0.39 is 364 Å². The van der Waals surface area contributed by atoms with Crippen LogP contribution < -0.4 is 147 Å². The van der Waals surface area contributed by atoms with Gasteiger partial charge in [-0.25, -0.2) is 4.79 Å². The van der Waals surface area contributed by atoms with Gasteiger partial charge in [0.15, 0.2) is 11.9 Å². The Morgan fingerprint density at radius 2 is 0.578 bits per heavy atom. The molecule has 0 aliphatic carbocycles. The van der Waals surface area contributed by atoms with Crippen molar-refractivity contribution in [2.24, 2.45) is 57.7 Å². The number of carboxylic acid groups (broad SMARTS) is 5. The molecule has 147 heavy (non-hydrogen) atoms. The lowest BCUT2D eigenvalue weighted by atomic mass is 9.96. The summed E-state index contributed by atoms with van der Waals surface area (Å²) in [6.45, 7) is 8.00. The summed E-state index contributed by atoms with van der Waals surface area (Å²) >= 11 is 1.27. The molecule has 0 aliphatic heterocycles. The largest absolute Gasteiger partial charge is 0.481 e. The highest BCUT2D eigenvalue weighted by Crippen LogP contribution is 2.17. The third-order valence-electron chi connectivity index (χ3n) is 22.3. The molecule has 0 heterocycles. The van der Waals surface area contributed by atoms with E-state index in [0.29, 0.717) is 12.8 Å². The Morgan fingerprint density at radius 1 is 0.299 bits per heavy atom. The molecule has 0 aromatic rings. The number of primary amides is 3. The normalized spacial score (nSPS) is 15.3. The number of aliphatic carboxylic acids is 5. The predicted octanol–water partition coefficient (Wildman–Crippen LogP) is -13.6. The molecule has 0 saturated carbocycles. The van der Waals surface area contributed by atoms with Crippen LogP contribution in [0, 0.1) is 22.7 Å². The van der Waals surface area contributed by atoms with Gasteiger partial charge in [-0.2, -0.15) is 11.8 Å². The molecule has 0 unspecified atom stereocenters. The number of guanidine groups is 2. The van der Waals surface area contributed by atoms with Crippen molar-refractivity contribution in [1.29, 1.82) is 10.8 Å². The number of amides is 20. The number of rotatable bonds is 77. The van der Waals surface area contributed by atoms with Gasteiger partial charge in [0, 0.05) is 32.4 Å². The second-order valence-corrected chi connectivity index (χ2v) is 35.5. The maximum Gasteiger partial charge on any atom is 0.326 e. The Balaban J connectivity index is 7.25. The first kappa shape index (κ1) is 132. The van der Waals surface area contributed by atoms with E-state index in [4.69, 9.17) is 56.7 Å². The minimum atomic E-state index is -2.22. The highest BCUT2D eigenvalue weighted by Gasteiger charge is 2.42. The Bertz CT molecular complexity index is 4540. The van der Waals surface area contributed by atoms with Gasteiger partial charge >= 0.3 is 29.8 Å². The van der Waals surface area contributed by atoms with E-state index >= 15 is 0 Å². The fourth-order valence-corrected chi connectivity index (χ4v) is 14.0. The fraction of sp³-hybridized carbons (Fsp3) is 0.682. The van der Waals surface area contributed by atoms with Gasteiger partial charge in [0.1, 0.15) is 103 Å². The summed E-state index contributed by atoms with van der Waals surface area (Å²) in [6.07, 6.45) is -9.03. The number of carbonyl (C=O) groups excluding carboxylic acids is 20. The van der Waals surface area contributed by atoms with Gasteiger partial charge in [-0.1, -0.05) is 40.5 Å². The van der Waals surface area contributed by atoms with Crippen LogP contribution >= 0.6 is 11.8 Å². The van der Waals surface area contributed by atoms with Crippen LogP contribution in [0.5, 0.6) is 0 Å². The third-order valence-corrected chi connectivity index (χ3v) is 22.9. The van der Waals surface area contributed by atoms with Gasteiger partial charge in [0.2, 0.25) is 118 Å². The van der Waals surface area contributed by atoms with Crippen LogP contribution in [0.15, 0.2) is 0 Å². The number of aliphatic hydroxyl groups is 2. The lowest BCUT2D eigenvalue weighted by Gasteiger charge is -2.30. The van der Waals surface area contributed by atoms with Crippen molar-refractivity contribution in [3.05, 3.63) is 0 Å². The average molecular weight is 2120 g/mol. The highest BCUT2D eigenvalue weighted by atomic mass is 32.2. The number of nitrogens with two attached hydrogens (primary N) is 8. The van der Waals surface area contributed by atoms with Gasteiger partial charge in [0.05, 0.1) is 44.4 Å². The summed E-state index contributed by atoms with van der Waals surface area (Å²) in [5.41, 5.74) is 44.2. The van der Waals surface area contributed by atoms with Crippen molar-refractivity contribution >= 4 is 172 Å². The maximum atomic E-state index is 14.6. The first-order valence-electron chi connectivity index (χ1n) is 47.0. The van der Waals surface area contributed by atoms with Crippen molar-refractivity contribution in [1.82, 2.24) is 101 Å². The molecule has 0 aromatic heterocycles. The number of thioether (sulfide) groups is 1. The molecule has 62 heteroatoms. The zero-order valence-corrected chi connectivity index (χ0v) is 83.8. The number of unbranched alkanes of at least 4 members (excludes halogenated alkanes) is 2. The third kappa shape index (κ3) is 53.7. The molecule has 0 aliphatic rings. The summed E-state index contributed by atoms with van der Waals surface area (Å²) in [4.78, 5) is 335. The quantitative estimate of drug-likeness (QED) is 0.0153. The summed E-state index contributed by atoms with van der Waals surface area (Å²) in [5.74, 6) is -35.0. The second-order valence-electron chi connectivity index (χ2n) is 34.5. The van der Waals surface area contributed by atoms with Gasteiger partial charge in [-0.3, -0.25) is 126 Å². The van der Waals surface area contributed by atoms with Crippen LogP contribution in [0.3, 0.4) is 0 Å². The van der Waals surface area contributed by atoms with E-state index in [0.717, 1.165) is 20.8 Å². The fourth-order valence-electron chi connectivity index (χ4n) is 13.5. The molecule has 20 amide bonds. The molecule has 0 bridgehead atoms. The Kier molecular flexibility index (Phi) is 63.3.